The summed E-state index contributed by atoms with van der Waals surface area (Å²) < 4.78 is 0. The third-order valence-corrected chi connectivity index (χ3v) is 4.11. The number of amides is 1. The van der Waals surface area contributed by atoms with E-state index in [4.69, 9.17) is 0 Å². The zero-order valence-electron chi connectivity index (χ0n) is 14.5. The number of hydrogen-bond donors (Lipinski definition) is 2. The fraction of sp³-hybridized carbons (Fsp3) is 0.611. The number of nitrogens with one attached hydrogen (secondary N) is 1. The minimum Gasteiger partial charge on any atom is -0.389 e. The van der Waals surface area contributed by atoms with Crippen molar-refractivity contribution >= 4 is 11.6 Å². The average Bonchev–Trinajstić information content (AvgIpc) is 2.89. The first-order valence-corrected chi connectivity index (χ1v) is 8.43. The molecule has 1 aliphatic heterocycles. The number of likely N-dealkylation sites (N-methyl/N-ethyl adjacent to an activating group) is 1. The van der Waals surface area contributed by atoms with Crippen molar-refractivity contribution in [3.63, 3.8) is 0 Å². The third-order valence-electron chi connectivity index (χ3n) is 4.11. The molecule has 23 heavy (non-hydrogen) atoms. The highest BCUT2D eigenvalue weighted by Crippen LogP contribution is 2.26. The van der Waals surface area contributed by atoms with Crippen LogP contribution in [0.15, 0.2) is 24.3 Å². The predicted octanol–water partition coefficient (Wildman–Crippen LogP) is 1.26. The Morgan fingerprint density at radius 2 is 2.13 bits per heavy atom. The third kappa shape index (κ3) is 5.52. The van der Waals surface area contributed by atoms with Crippen molar-refractivity contribution in [3.05, 3.63) is 29.8 Å². The highest BCUT2D eigenvalue weighted by molar-refractivity contribution is 5.78. The lowest BCUT2D eigenvalue weighted by Crippen LogP contribution is -2.45. The SMILES string of the molecule is CCN(CC(=O)NCCN1CCc2ccccc21)CC(C)(C)O. The first kappa shape index (κ1) is 17.8. The second kappa shape index (κ2) is 7.79. The molecule has 2 N–H and O–H groups in total. The van der Waals surface area contributed by atoms with Crippen molar-refractivity contribution in [2.75, 3.05) is 44.2 Å². The molecule has 0 unspecified atom stereocenters. The number of aliphatic hydroxyl groups is 1. The summed E-state index contributed by atoms with van der Waals surface area (Å²) in [5.41, 5.74) is 1.90. The molecule has 1 heterocycles. The summed E-state index contributed by atoms with van der Waals surface area (Å²) in [5, 5.41) is 12.9. The minimum absolute atomic E-state index is 0.0172. The van der Waals surface area contributed by atoms with Gasteiger partial charge in [-0.1, -0.05) is 25.1 Å². The van der Waals surface area contributed by atoms with Gasteiger partial charge in [0.05, 0.1) is 12.1 Å². The molecule has 1 aliphatic rings. The van der Waals surface area contributed by atoms with Crippen LogP contribution in [0.2, 0.25) is 0 Å². The van der Waals surface area contributed by atoms with E-state index in [0.29, 0.717) is 19.6 Å². The average molecular weight is 319 g/mol. The Balaban J connectivity index is 1.73. The number of benzene rings is 1. The summed E-state index contributed by atoms with van der Waals surface area (Å²) in [6.45, 7) is 9.60. The van der Waals surface area contributed by atoms with Crippen LogP contribution in [0.4, 0.5) is 5.69 Å². The molecule has 0 spiro atoms. The summed E-state index contributed by atoms with van der Waals surface area (Å²) in [4.78, 5) is 16.3. The molecule has 5 heteroatoms. The van der Waals surface area contributed by atoms with Crippen LogP contribution in [0.1, 0.15) is 26.3 Å². The number of anilines is 1. The molecule has 1 aromatic carbocycles. The number of nitrogens with zero attached hydrogens (tertiary/aromatic N) is 2. The molecule has 0 fully saturated rings. The topological polar surface area (TPSA) is 55.8 Å². The molecule has 2 rings (SSSR count). The number of rotatable bonds is 8. The molecular formula is C18H29N3O2. The van der Waals surface area contributed by atoms with Crippen LogP contribution in [0, 0.1) is 0 Å². The van der Waals surface area contributed by atoms with Crippen molar-refractivity contribution in [2.24, 2.45) is 0 Å². The molecule has 0 bridgehead atoms. The molecule has 0 saturated carbocycles. The first-order chi connectivity index (χ1) is 10.9. The first-order valence-electron chi connectivity index (χ1n) is 8.43. The Kier molecular flexibility index (Phi) is 6.02. The van der Waals surface area contributed by atoms with Gasteiger partial charge in [0.15, 0.2) is 0 Å². The predicted molar refractivity (Wildman–Crippen MR) is 93.8 cm³/mol. The fourth-order valence-electron chi connectivity index (χ4n) is 3.05. The lowest BCUT2D eigenvalue weighted by molar-refractivity contribution is -0.122. The standard InChI is InChI=1S/C18H29N3O2/c1-4-20(14-18(2,3)23)13-17(22)19-10-12-21-11-9-15-7-5-6-8-16(15)21/h5-8,23H,4,9-14H2,1-3H3,(H,19,22). The van der Waals surface area contributed by atoms with Gasteiger partial charge >= 0.3 is 0 Å². The summed E-state index contributed by atoms with van der Waals surface area (Å²) in [7, 11) is 0. The van der Waals surface area contributed by atoms with Gasteiger partial charge in [0.1, 0.15) is 0 Å². The molecule has 5 nitrogen and oxygen atoms in total. The Morgan fingerprint density at radius 1 is 1.39 bits per heavy atom. The number of para-hydroxylation sites is 1. The van der Waals surface area contributed by atoms with Crippen LogP contribution in [-0.2, 0) is 11.2 Å². The Morgan fingerprint density at radius 3 is 2.83 bits per heavy atom. The summed E-state index contributed by atoms with van der Waals surface area (Å²) in [6.07, 6.45) is 1.08. The minimum atomic E-state index is -0.782. The number of carbonyl (C=O) groups is 1. The zero-order valence-corrected chi connectivity index (χ0v) is 14.5. The molecular weight excluding hydrogens is 290 g/mol. The van der Waals surface area contributed by atoms with Gasteiger partial charge in [-0.2, -0.15) is 0 Å². The van der Waals surface area contributed by atoms with Crippen LogP contribution in [0.5, 0.6) is 0 Å². The van der Waals surface area contributed by atoms with E-state index in [1.165, 1.54) is 11.3 Å². The van der Waals surface area contributed by atoms with Gasteiger partial charge in [-0.15, -0.1) is 0 Å². The number of carbonyl (C=O) groups excluding carboxylic acids is 1. The second-order valence-corrected chi connectivity index (χ2v) is 6.83. The van der Waals surface area contributed by atoms with Crippen molar-refractivity contribution in [3.8, 4) is 0 Å². The van der Waals surface area contributed by atoms with E-state index in [0.717, 1.165) is 26.1 Å². The van der Waals surface area contributed by atoms with E-state index >= 15 is 0 Å². The molecule has 0 aromatic heterocycles. The van der Waals surface area contributed by atoms with Gasteiger partial charge in [-0.05, 0) is 38.4 Å². The second-order valence-electron chi connectivity index (χ2n) is 6.83. The van der Waals surface area contributed by atoms with Crippen molar-refractivity contribution in [1.29, 1.82) is 0 Å². The quantitative estimate of drug-likeness (QED) is 0.757. The van der Waals surface area contributed by atoms with Crippen LogP contribution in [0.3, 0.4) is 0 Å². The Bertz CT molecular complexity index is 525. The van der Waals surface area contributed by atoms with E-state index in [2.05, 4.69) is 34.5 Å². The maximum Gasteiger partial charge on any atom is 0.234 e. The maximum atomic E-state index is 12.1. The number of fused-ring (bicyclic) bond motifs is 1. The van der Waals surface area contributed by atoms with E-state index < -0.39 is 5.60 Å². The maximum absolute atomic E-state index is 12.1. The lowest BCUT2D eigenvalue weighted by Gasteiger charge is -2.27. The smallest absolute Gasteiger partial charge is 0.234 e. The van der Waals surface area contributed by atoms with Crippen molar-refractivity contribution in [2.45, 2.75) is 32.8 Å². The van der Waals surface area contributed by atoms with Gasteiger partial charge in [-0.3, -0.25) is 9.69 Å². The molecule has 0 saturated heterocycles. The molecule has 0 aliphatic carbocycles. The highest BCUT2D eigenvalue weighted by atomic mass is 16.3. The van der Waals surface area contributed by atoms with E-state index in [9.17, 15) is 9.90 Å². The largest absolute Gasteiger partial charge is 0.389 e. The molecule has 1 amide bonds. The van der Waals surface area contributed by atoms with E-state index in [-0.39, 0.29) is 5.91 Å². The molecule has 0 radical (unpaired) electrons. The Hall–Kier alpha value is -1.59. The van der Waals surface area contributed by atoms with Crippen LogP contribution >= 0.6 is 0 Å². The highest BCUT2D eigenvalue weighted by Gasteiger charge is 2.20. The van der Waals surface area contributed by atoms with Crippen LogP contribution in [0.25, 0.3) is 0 Å². The molecule has 0 atom stereocenters. The summed E-state index contributed by atoms with van der Waals surface area (Å²) in [5.74, 6) is 0.0172. The Labute approximate surface area is 139 Å². The van der Waals surface area contributed by atoms with Gasteiger partial charge in [0.25, 0.3) is 0 Å². The summed E-state index contributed by atoms with van der Waals surface area (Å²) >= 11 is 0. The monoisotopic (exact) mass is 319 g/mol. The van der Waals surface area contributed by atoms with Gasteiger partial charge < -0.3 is 15.3 Å². The normalized spacial score (nSPS) is 14.2. The zero-order chi connectivity index (χ0) is 16.9. The van der Waals surface area contributed by atoms with E-state index in [1.54, 1.807) is 13.8 Å². The summed E-state index contributed by atoms with van der Waals surface area (Å²) in [6, 6.07) is 8.45. The van der Waals surface area contributed by atoms with Gasteiger partial charge in [-0.25, -0.2) is 0 Å². The fourth-order valence-corrected chi connectivity index (χ4v) is 3.05. The molecule has 128 valence electrons. The van der Waals surface area contributed by atoms with Gasteiger partial charge in [0, 0.05) is 31.9 Å². The number of hydrogen-bond acceptors (Lipinski definition) is 4. The van der Waals surface area contributed by atoms with Crippen molar-refractivity contribution in [1.82, 2.24) is 10.2 Å². The van der Waals surface area contributed by atoms with Crippen LogP contribution in [-0.4, -0.2) is 60.8 Å². The van der Waals surface area contributed by atoms with Gasteiger partial charge in [0.2, 0.25) is 5.91 Å². The lowest BCUT2D eigenvalue weighted by atomic mass is 10.1. The van der Waals surface area contributed by atoms with Crippen molar-refractivity contribution < 1.29 is 9.90 Å². The van der Waals surface area contributed by atoms with Crippen LogP contribution < -0.4 is 10.2 Å². The van der Waals surface area contributed by atoms with E-state index in [1.807, 2.05) is 11.8 Å². The molecule has 1 aromatic rings.